The molecule has 30 heavy (non-hydrogen) atoms. The summed E-state index contributed by atoms with van der Waals surface area (Å²) in [5.74, 6) is -2.41. The number of nitrogens with one attached hydrogen (secondary N) is 1. The summed E-state index contributed by atoms with van der Waals surface area (Å²) in [6.45, 7) is 6.50. The Labute approximate surface area is 175 Å². The Kier molecular flexibility index (Phi) is 7.22. The molecule has 1 fully saturated rings. The smallest absolute Gasteiger partial charge is 0.325 e. The zero-order valence-electron chi connectivity index (χ0n) is 17.3. The van der Waals surface area contributed by atoms with Gasteiger partial charge in [-0.2, -0.15) is 4.31 Å². The van der Waals surface area contributed by atoms with Crippen LogP contribution in [0.5, 0.6) is 0 Å². The predicted molar refractivity (Wildman–Crippen MR) is 107 cm³/mol. The molecule has 3 unspecified atom stereocenters. The van der Waals surface area contributed by atoms with Crippen LogP contribution in [-0.4, -0.2) is 60.5 Å². The molecular formula is C19H27N3O7S. The average Bonchev–Trinajstić information content (AvgIpc) is 3.03. The molecule has 1 aliphatic rings. The maximum absolute atomic E-state index is 13.1. The summed E-state index contributed by atoms with van der Waals surface area (Å²) in [5.41, 5.74) is 6.61. The Bertz CT molecular complexity index is 945. The monoisotopic (exact) mass is 441 g/mol. The number of ether oxygens (including phenoxy) is 1. The minimum atomic E-state index is -4.10. The molecular weight excluding hydrogens is 414 g/mol. The van der Waals surface area contributed by atoms with E-state index in [2.05, 4.69) is 0 Å². The van der Waals surface area contributed by atoms with E-state index in [1.165, 1.54) is 12.1 Å². The van der Waals surface area contributed by atoms with Gasteiger partial charge in [-0.15, -0.1) is 0 Å². The van der Waals surface area contributed by atoms with E-state index in [1.54, 1.807) is 26.8 Å². The molecule has 4 N–H and O–H groups in total. The van der Waals surface area contributed by atoms with Crippen molar-refractivity contribution in [3.63, 3.8) is 0 Å². The second-order valence-corrected chi connectivity index (χ2v) is 9.57. The van der Waals surface area contributed by atoms with Crippen molar-refractivity contribution >= 4 is 27.9 Å². The maximum atomic E-state index is 13.1. The summed E-state index contributed by atoms with van der Waals surface area (Å²) in [6, 6.07) is 2.17. The molecule has 0 aromatic heterocycles. The summed E-state index contributed by atoms with van der Waals surface area (Å²) in [6.07, 6.45) is -2.60. The topological polar surface area (TPSA) is 156 Å². The number of benzene rings is 1. The molecule has 166 valence electrons. The fourth-order valence-corrected chi connectivity index (χ4v) is 4.87. The molecule has 10 nitrogen and oxygen atoms in total. The summed E-state index contributed by atoms with van der Waals surface area (Å²) < 4.78 is 32.4. The number of nitrogens with zero attached hydrogens (tertiary/aromatic N) is 1. The Hall–Kier alpha value is -2.50. The van der Waals surface area contributed by atoms with Crippen molar-refractivity contribution in [1.29, 1.82) is 0 Å². The number of amides is 3. The lowest BCUT2D eigenvalue weighted by Crippen LogP contribution is -2.48. The summed E-state index contributed by atoms with van der Waals surface area (Å²) in [7, 11) is -4.10. The molecule has 1 aromatic rings. The van der Waals surface area contributed by atoms with Gasteiger partial charge in [0.05, 0.1) is 11.0 Å². The number of hydrogen-bond donors (Lipinski definition) is 3. The third kappa shape index (κ3) is 5.15. The molecule has 0 saturated carbocycles. The van der Waals surface area contributed by atoms with Crippen LogP contribution in [0.15, 0.2) is 23.1 Å². The van der Waals surface area contributed by atoms with Crippen molar-refractivity contribution in [2.24, 2.45) is 11.7 Å². The van der Waals surface area contributed by atoms with Crippen molar-refractivity contribution in [1.82, 2.24) is 9.62 Å². The van der Waals surface area contributed by atoms with Crippen molar-refractivity contribution < 1.29 is 32.6 Å². The van der Waals surface area contributed by atoms with E-state index in [4.69, 9.17) is 10.5 Å². The highest BCUT2D eigenvalue weighted by molar-refractivity contribution is 7.89. The third-order valence-corrected chi connectivity index (χ3v) is 6.81. The number of esters is 1. The minimum absolute atomic E-state index is 0.00983. The molecule has 3 amide bonds. The lowest BCUT2D eigenvalue weighted by Gasteiger charge is -2.26. The molecule has 1 aliphatic heterocycles. The van der Waals surface area contributed by atoms with Gasteiger partial charge in [0.1, 0.15) is 6.04 Å². The van der Waals surface area contributed by atoms with E-state index >= 15 is 0 Å². The van der Waals surface area contributed by atoms with Gasteiger partial charge in [-0.3, -0.25) is 14.9 Å². The van der Waals surface area contributed by atoms with Crippen LogP contribution in [0.25, 0.3) is 0 Å². The van der Waals surface area contributed by atoms with Crippen LogP contribution in [0.1, 0.15) is 31.4 Å². The zero-order valence-corrected chi connectivity index (χ0v) is 18.1. The van der Waals surface area contributed by atoms with E-state index in [-0.39, 0.29) is 17.9 Å². The number of aliphatic hydroxyl groups excluding tert-OH is 1. The molecule has 1 saturated heterocycles. The first-order chi connectivity index (χ1) is 13.8. The molecule has 0 spiro atoms. The highest BCUT2D eigenvalue weighted by Crippen LogP contribution is 2.29. The molecule has 0 radical (unpaired) electrons. The van der Waals surface area contributed by atoms with Crippen LogP contribution in [0.4, 0.5) is 4.79 Å². The summed E-state index contributed by atoms with van der Waals surface area (Å²) >= 11 is 0. The Morgan fingerprint density at radius 2 is 1.87 bits per heavy atom. The molecule has 11 heteroatoms. The first-order valence-corrected chi connectivity index (χ1v) is 10.9. The first-order valence-electron chi connectivity index (χ1n) is 9.42. The quantitative estimate of drug-likeness (QED) is 0.532. The molecule has 1 heterocycles. The van der Waals surface area contributed by atoms with Crippen molar-refractivity contribution in [2.75, 3.05) is 6.54 Å². The number of urea groups is 1. The van der Waals surface area contributed by atoms with Gasteiger partial charge in [-0.05, 0) is 43.0 Å². The van der Waals surface area contributed by atoms with Gasteiger partial charge in [0, 0.05) is 13.0 Å². The van der Waals surface area contributed by atoms with Gasteiger partial charge >= 0.3 is 12.0 Å². The van der Waals surface area contributed by atoms with Gasteiger partial charge in [0.25, 0.3) is 5.91 Å². The number of carbonyl (C=O) groups excluding carboxylic acids is 3. The number of imide groups is 1. The molecule has 1 aromatic carbocycles. The number of rotatable bonds is 6. The lowest BCUT2D eigenvalue weighted by molar-refractivity contribution is -0.161. The second kappa shape index (κ2) is 9.11. The number of hydrogen-bond acceptors (Lipinski definition) is 7. The second-order valence-electron chi connectivity index (χ2n) is 7.68. The van der Waals surface area contributed by atoms with Gasteiger partial charge in [0.2, 0.25) is 10.0 Å². The molecule has 0 aliphatic carbocycles. The number of aryl methyl sites for hydroxylation is 2. The number of primary amides is 1. The van der Waals surface area contributed by atoms with Gasteiger partial charge in [-0.1, -0.05) is 19.9 Å². The fourth-order valence-electron chi connectivity index (χ4n) is 3.16. The molecule has 3 atom stereocenters. The third-order valence-electron chi connectivity index (χ3n) is 4.94. The van der Waals surface area contributed by atoms with Gasteiger partial charge < -0.3 is 15.6 Å². The van der Waals surface area contributed by atoms with E-state index in [9.17, 15) is 27.9 Å². The highest BCUT2D eigenvalue weighted by Gasteiger charge is 2.45. The van der Waals surface area contributed by atoms with Crippen LogP contribution < -0.4 is 11.1 Å². The minimum Gasteiger partial charge on any atom is -0.451 e. The standard InChI is InChI=1S/C19H27N3O7S/c1-10(2)16(17(24)21-19(20)26)29-18(25)15-8-13(23)9-22(15)30(27,28)14-6-5-11(3)12(4)7-14/h5-7,10,13,15-16,23H,8-9H2,1-4H3,(H3,20,21,24,26). The van der Waals surface area contributed by atoms with E-state index in [1.807, 2.05) is 12.2 Å². The fraction of sp³-hybridized carbons (Fsp3) is 0.526. The van der Waals surface area contributed by atoms with Crippen LogP contribution in [0.2, 0.25) is 0 Å². The van der Waals surface area contributed by atoms with E-state index < -0.39 is 52.1 Å². The zero-order chi connectivity index (χ0) is 22.8. The van der Waals surface area contributed by atoms with Gasteiger partial charge in [0.15, 0.2) is 6.10 Å². The van der Waals surface area contributed by atoms with Crippen LogP contribution >= 0.6 is 0 Å². The normalized spacial score (nSPS) is 20.7. The first kappa shape index (κ1) is 23.8. The number of aliphatic hydroxyl groups is 1. The van der Waals surface area contributed by atoms with Crippen LogP contribution in [0.3, 0.4) is 0 Å². The lowest BCUT2D eigenvalue weighted by atomic mass is 10.1. The predicted octanol–water partition coefficient (Wildman–Crippen LogP) is 0.190. The van der Waals surface area contributed by atoms with Crippen molar-refractivity contribution in [3.8, 4) is 0 Å². The SMILES string of the molecule is Cc1ccc(S(=O)(=O)N2CC(O)CC2C(=O)OC(C(=O)NC(N)=O)C(C)C)cc1C. The Morgan fingerprint density at radius 1 is 1.23 bits per heavy atom. The van der Waals surface area contributed by atoms with Gasteiger partial charge in [-0.25, -0.2) is 13.2 Å². The van der Waals surface area contributed by atoms with E-state index in [0.29, 0.717) is 0 Å². The number of nitrogens with two attached hydrogens (primary N) is 1. The molecule has 2 rings (SSSR count). The van der Waals surface area contributed by atoms with Crippen molar-refractivity contribution in [2.45, 2.75) is 57.3 Å². The number of carbonyl (C=O) groups is 3. The Morgan fingerprint density at radius 3 is 2.40 bits per heavy atom. The van der Waals surface area contributed by atoms with Crippen molar-refractivity contribution in [3.05, 3.63) is 29.3 Å². The maximum Gasteiger partial charge on any atom is 0.325 e. The Balaban J connectivity index is 2.30. The van der Waals surface area contributed by atoms with E-state index in [0.717, 1.165) is 15.4 Å². The number of β-amino-alcohol motifs (C(OH)–C–C–N with tert-alkyl or cyclic N) is 1. The number of sulfonamides is 1. The van der Waals surface area contributed by atoms with Crippen LogP contribution in [-0.2, 0) is 24.3 Å². The molecule has 0 bridgehead atoms. The highest BCUT2D eigenvalue weighted by atomic mass is 32.2. The van der Waals surface area contributed by atoms with Crippen LogP contribution in [0, 0.1) is 19.8 Å². The summed E-state index contributed by atoms with van der Waals surface area (Å²) in [4.78, 5) is 35.8. The summed E-state index contributed by atoms with van der Waals surface area (Å²) in [5, 5.41) is 11.9. The largest absolute Gasteiger partial charge is 0.451 e. The average molecular weight is 442 g/mol.